The van der Waals surface area contributed by atoms with Crippen molar-refractivity contribution in [1.82, 2.24) is 4.98 Å². The third kappa shape index (κ3) is 5.52. The molecule has 1 aromatic heterocycles. The highest BCUT2D eigenvalue weighted by molar-refractivity contribution is 7.93. The summed E-state index contributed by atoms with van der Waals surface area (Å²) in [5.41, 5.74) is 5.71. The largest absolute Gasteiger partial charge is 0.480 e. The van der Waals surface area contributed by atoms with Crippen LogP contribution < -0.4 is 15.8 Å². The van der Waals surface area contributed by atoms with Crippen LogP contribution in [0.4, 0.5) is 10.8 Å². The number of nitrogens with one attached hydrogen (secondary N) is 2. The van der Waals surface area contributed by atoms with Crippen molar-refractivity contribution in [2.45, 2.75) is 23.8 Å². The number of rotatable bonds is 8. The molecule has 25 heavy (non-hydrogen) atoms. The van der Waals surface area contributed by atoms with Gasteiger partial charge in [-0.15, -0.1) is 11.3 Å². The summed E-state index contributed by atoms with van der Waals surface area (Å²) >= 11 is 1.16. The molecule has 2 aromatic rings. The van der Waals surface area contributed by atoms with E-state index in [1.165, 1.54) is 30.5 Å². The number of carbonyl (C=O) groups is 2. The average Bonchev–Trinajstić information content (AvgIpc) is 3.05. The van der Waals surface area contributed by atoms with Gasteiger partial charge >= 0.3 is 5.97 Å². The monoisotopic (exact) mass is 384 g/mol. The molecule has 2 rings (SSSR count). The van der Waals surface area contributed by atoms with Crippen LogP contribution in [-0.2, 0) is 19.6 Å². The second-order valence-corrected chi connectivity index (χ2v) is 7.58. The molecule has 0 spiro atoms. The fourth-order valence-electron chi connectivity index (χ4n) is 1.80. The second kappa shape index (κ2) is 8.05. The van der Waals surface area contributed by atoms with Crippen LogP contribution in [0.1, 0.15) is 12.8 Å². The number of carboxylic acids is 1. The van der Waals surface area contributed by atoms with Crippen molar-refractivity contribution in [3.63, 3.8) is 0 Å². The van der Waals surface area contributed by atoms with E-state index in [0.717, 1.165) is 11.3 Å². The van der Waals surface area contributed by atoms with E-state index in [1.54, 1.807) is 5.38 Å². The van der Waals surface area contributed by atoms with Crippen molar-refractivity contribution in [1.29, 1.82) is 0 Å². The second-order valence-electron chi connectivity index (χ2n) is 5.00. The lowest BCUT2D eigenvalue weighted by molar-refractivity contribution is -0.138. The zero-order valence-corrected chi connectivity index (χ0v) is 14.5. The molecule has 1 aromatic carbocycles. The van der Waals surface area contributed by atoms with Gasteiger partial charge in [-0.2, -0.15) is 0 Å². The molecular formula is C14H16N4O5S2. The summed E-state index contributed by atoms with van der Waals surface area (Å²) in [5, 5.41) is 13.1. The Morgan fingerprint density at radius 1 is 1.28 bits per heavy atom. The molecule has 1 heterocycles. The van der Waals surface area contributed by atoms with E-state index < -0.39 is 27.9 Å². The maximum Gasteiger partial charge on any atom is 0.320 e. The van der Waals surface area contributed by atoms with Gasteiger partial charge in [0.15, 0.2) is 5.13 Å². The number of nitrogens with two attached hydrogens (primary N) is 1. The standard InChI is InChI=1S/C14H16N4O5S2/c15-11(13(20)21)5-6-12(19)17-9-1-3-10(4-2-9)25(22,23)18-14-16-7-8-24-14/h1-4,7-8,11H,5-6,15H2,(H,16,18)(H,17,19)(H,20,21)/t11-/m0/s1. The Bertz CT molecular complexity index is 835. The Balaban J connectivity index is 1.95. The first-order valence-corrected chi connectivity index (χ1v) is 9.45. The number of anilines is 2. The minimum atomic E-state index is -3.76. The number of nitrogens with zero attached hydrogens (tertiary/aromatic N) is 1. The lowest BCUT2D eigenvalue weighted by Crippen LogP contribution is -2.31. The highest BCUT2D eigenvalue weighted by atomic mass is 32.2. The minimum Gasteiger partial charge on any atom is -0.480 e. The molecule has 11 heteroatoms. The van der Waals surface area contributed by atoms with Gasteiger partial charge in [-0.1, -0.05) is 0 Å². The van der Waals surface area contributed by atoms with Gasteiger partial charge < -0.3 is 16.2 Å². The summed E-state index contributed by atoms with van der Waals surface area (Å²) < 4.78 is 26.7. The molecule has 134 valence electrons. The molecule has 0 aliphatic rings. The van der Waals surface area contributed by atoms with Crippen molar-refractivity contribution >= 4 is 44.1 Å². The number of benzene rings is 1. The van der Waals surface area contributed by atoms with Crippen molar-refractivity contribution < 1.29 is 23.1 Å². The smallest absolute Gasteiger partial charge is 0.320 e. The number of amides is 1. The highest BCUT2D eigenvalue weighted by Crippen LogP contribution is 2.19. The number of aromatic nitrogens is 1. The maximum absolute atomic E-state index is 12.2. The van der Waals surface area contributed by atoms with Crippen molar-refractivity contribution in [2.75, 3.05) is 10.0 Å². The van der Waals surface area contributed by atoms with Gasteiger partial charge in [0.25, 0.3) is 10.0 Å². The zero-order valence-electron chi connectivity index (χ0n) is 12.9. The van der Waals surface area contributed by atoms with Crippen molar-refractivity contribution in [3.05, 3.63) is 35.8 Å². The summed E-state index contributed by atoms with van der Waals surface area (Å²) in [6.45, 7) is 0. The van der Waals surface area contributed by atoms with Crippen molar-refractivity contribution in [3.8, 4) is 0 Å². The van der Waals surface area contributed by atoms with Gasteiger partial charge in [0.1, 0.15) is 6.04 Å². The van der Waals surface area contributed by atoms with E-state index in [4.69, 9.17) is 10.8 Å². The molecule has 0 fully saturated rings. The number of carboxylic acid groups (broad SMARTS) is 1. The van der Waals surface area contributed by atoms with Crippen LogP contribution in [0.3, 0.4) is 0 Å². The van der Waals surface area contributed by atoms with Crippen molar-refractivity contribution in [2.24, 2.45) is 5.73 Å². The predicted molar refractivity (Wildman–Crippen MR) is 92.8 cm³/mol. The SMILES string of the molecule is N[C@@H](CCC(=O)Nc1ccc(S(=O)(=O)Nc2nccs2)cc1)C(=O)O. The summed E-state index contributed by atoms with van der Waals surface area (Å²) in [6.07, 6.45) is 1.43. The van der Waals surface area contributed by atoms with Crippen LogP contribution in [0, 0.1) is 0 Å². The third-order valence-electron chi connectivity index (χ3n) is 3.10. The molecule has 0 unspecified atom stereocenters. The Kier molecular flexibility index (Phi) is 6.07. The maximum atomic E-state index is 12.2. The van der Waals surface area contributed by atoms with Crippen LogP contribution in [0.5, 0.6) is 0 Å². The Hall–Kier alpha value is -2.50. The van der Waals surface area contributed by atoms with Crippen LogP contribution >= 0.6 is 11.3 Å². The number of hydrogen-bond acceptors (Lipinski definition) is 7. The third-order valence-corrected chi connectivity index (χ3v) is 5.27. The van der Waals surface area contributed by atoms with Gasteiger partial charge in [0.05, 0.1) is 4.90 Å². The zero-order chi connectivity index (χ0) is 18.4. The topological polar surface area (TPSA) is 151 Å². The van der Waals surface area contributed by atoms with Crippen LogP contribution in [0.15, 0.2) is 40.7 Å². The molecule has 9 nitrogen and oxygen atoms in total. The Labute approximate surface area is 147 Å². The molecule has 0 saturated carbocycles. The lowest BCUT2D eigenvalue weighted by Gasteiger charge is -2.09. The molecule has 1 amide bonds. The van der Waals surface area contributed by atoms with E-state index in [-0.39, 0.29) is 22.9 Å². The molecule has 0 aliphatic heterocycles. The summed E-state index contributed by atoms with van der Waals surface area (Å²) in [4.78, 5) is 26.2. The summed E-state index contributed by atoms with van der Waals surface area (Å²) in [6, 6.07) is 4.45. The van der Waals surface area contributed by atoms with E-state index in [1.807, 2.05) is 0 Å². The summed E-state index contributed by atoms with van der Waals surface area (Å²) in [7, 11) is -3.76. The fourth-order valence-corrected chi connectivity index (χ4v) is 3.59. The predicted octanol–water partition coefficient (Wildman–Crippen LogP) is 1.07. The lowest BCUT2D eigenvalue weighted by atomic mass is 10.1. The van der Waals surface area contributed by atoms with Gasteiger partial charge in [-0.05, 0) is 30.7 Å². The first-order valence-electron chi connectivity index (χ1n) is 7.08. The van der Waals surface area contributed by atoms with Gasteiger partial charge in [0.2, 0.25) is 5.91 Å². The van der Waals surface area contributed by atoms with Crippen LogP contribution in [0.25, 0.3) is 0 Å². The van der Waals surface area contributed by atoms with E-state index >= 15 is 0 Å². The van der Waals surface area contributed by atoms with E-state index in [0.29, 0.717) is 5.69 Å². The molecule has 5 N–H and O–H groups in total. The normalized spacial score (nSPS) is 12.4. The number of thiazole rings is 1. The van der Waals surface area contributed by atoms with Crippen LogP contribution in [-0.4, -0.2) is 36.4 Å². The molecular weight excluding hydrogens is 368 g/mol. The molecule has 0 bridgehead atoms. The molecule has 0 aliphatic carbocycles. The molecule has 0 saturated heterocycles. The number of hydrogen-bond donors (Lipinski definition) is 4. The van der Waals surface area contributed by atoms with Gasteiger partial charge in [0, 0.05) is 23.7 Å². The van der Waals surface area contributed by atoms with Gasteiger partial charge in [-0.25, -0.2) is 13.4 Å². The molecule has 0 radical (unpaired) electrons. The van der Waals surface area contributed by atoms with Gasteiger partial charge in [-0.3, -0.25) is 14.3 Å². The minimum absolute atomic E-state index is 0.00532. The first kappa shape index (κ1) is 18.8. The molecule has 1 atom stereocenters. The highest BCUT2D eigenvalue weighted by Gasteiger charge is 2.16. The number of sulfonamides is 1. The Morgan fingerprint density at radius 3 is 2.52 bits per heavy atom. The first-order chi connectivity index (χ1) is 11.8. The van der Waals surface area contributed by atoms with E-state index in [2.05, 4.69) is 15.0 Å². The quantitative estimate of drug-likeness (QED) is 0.531. The van der Waals surface area contributed by atoms with Crippen LogP contribution in [0.2, 0.25) is 0 Å². The summed E-state index contributed by atoms with van der Waals surface area (Å²) in [5.74, 6) is -1.58. The van der Waals surface area contributed by atoms with E-state index in [9.17, 15) is 18.0 Å². The Morgan fingerprint density at radius 2 is 1.96 bits per heavy atom. The number of carbonyl (C=O) groups excluding carboxylic acids is 1. The number of aliphatic carboxylic acids is 1. The average molecular weight is 384 g/mol. The fraction of sp³-hybridized carbons (Fsp3) is 0.214.